The first-order valence-corrected chi connectivity index (χ1v) is 9.27. The maximum absolute atomic E-state index is 13.8. The van der Waals surface area contributed by atoms with Crippen LogP contribution in [0.5, 0.6) is 5.75 Å². The van der Waals surface area contributed by atoms with Gasteiger partial charge in [-0.05, 0) is 30.3 Å². The molecule has 0 radical (unpaired) electrons. The summed E-state index contributed by atoms with van der Waals surface area (Å²) in [6.07, 6.45) is 0. The summed E-state index contributed by atoms with van der Waals surface area (Å²) in [4.78, 5) is 27.1. The number of aliphatic hydroxyl groups is 1. The highest BCUT2D eigenvalue weighted by Gasteiger charge is 2.51. The zero-order valence-electron chi connectivity index (χ0n) is 16.1. The molecule has 30 heavy (non-hydrogen) atoms. The second-order valence-corrected chi connectivity index (χ2v) is 6.91. The Labute approximate surface area is 172 Å². The number of hydrogen-bond donors (Lipinski definition) is 2. The molecule has 0 fully saturated rings. The number of nitrogens with zero attached hydrogens (tertiary/aromatic N) is 1. The Morgan fingerprint density at radius 2 is 1.87 bits per heavy atom. The molecule has 0 saturated heterocycles. The standard InChI is InChI=1S/C23H19FN2O4/c1-30-18-9-5-8-17(13-18)25-21(27)14-26-20-11-3-2-10-19(20)23(29,22(26)28)15-6-4-7-16(24)12-15/h2-13,29H,14H2,1H3,(H,25,27). The minimum Gasteiger partial charge on any atom is -0.497 e. The molecule has 0 spiro atoms. The molecule has 1 heterocycles. The highest BCUT2D eigenvalue weighted by Crippen LogP contribution is 2.44. The summed E-state index contributed by atoms with van der Waals surface area (Å²) in [6.45, 7) is -0.315. The van der Waals surface area contributed by atoms with Crippen LogP contribution in [0.1, 0.15) is 11.1 Å². The fourth-order valence-corrected chi connectivity index (χ4v) is 3.63. The van der Waals surface area contributed by atoms with E-state index in [0.29, 0.717) is 22.7 Å². The SMILES string of the molecule is COc1cccc(NC(=O)CN2C(=O)C(O)(c3cccc(F)c3)c3ccccc32)c1. The van der Waals surface area contributed by atoms with Crippen molar-refractivity contribution < 1.29 is 23.8 Å². The highest BCUT2D eigenvalue weighted by molar-refractivity contribution is 6.12. The number of para-hydroxylation sites is 1. The van der Waals surface area contributed by atoms with Gasteiger partial charge >= 0.3 is 0 Å². The van der Waals surface area contributed by atoms with E-state index in [-0.39, 0.29) is 12.1 Å². The number of methoxy groups -OCH3 is 1. The third kappa shape index (κ3) is 3.29. The molecule has 1 atom stereocenters. The Kier molecular flexibility index (Phi) is 4.97. The van der Waals surface area contributed by atoms with Gasteiger partial charge in [0.05, 0.1) is 12.8 Å². The van der Waals surface area contributed by atoms with Crippen molar-refractivity contribution in [2.75, 3.05) is 23.9 Å². The van der Waals surface area contributed by atoms with Crippen molar-refractivity contribution >= 4 is 23.2 Å². The molecule has 0 aromatic heterocycles. The summed E-state index contributed by atoms with van der Waals surface area (Å²) in [5.41, 5.74) is -0.755. The summed E-state index contributed by atoms with van der Waals surface area (Å²) < 4.78 is 18.9. The van der Waals surface area contributed by atoms with Crippen LogP contribution in [-0.4, -0.2) is 30.6 Å². The van der Waals surface area contributed by atoms with E-state index in [1.54, 1.807) is 48.5 Å². The third-order valence-electron chi connectivity index (χ3n) is 5.04. The molecule has 0 bridgehead atoms. The number of hydrogen-bond acceptors (Lipinski definition) is 4. The third-order valence-corrected chi connectivity index (χ3v) is 5.04. The van der Waals surface area contributed by atoms with Crippen molar-refractivity contribution in [3.63, 3.8) is 0 Å². The molecular weight excluding hydrogens is 387 g/mol. The Morgan fingerprint density at radius 3 is 2.63 bits per heavy atom. The molecule has 0 aliphatic carbocycles. The monoisotopic (exact) mass is 406 g/mol. The van der Waals surface area contributed by atoms with Crippen LogP contribution in [0.15, 0.2) is 72.8 Å². The molecule has 1 aliphatic heterocycles. The van der Waals surface area contributed by atoms with E-state index in [4.69, 9.17) is 4.74 Å². The normalized spacial score (nSPS) is 17.6. The van der Waals surface area contributed by atoms with Gasteiger partial charge in [0.2, 0.25) is 5.91 Å². The van der Waals surface area contributed by atoms with Gasteiger partial charge in [0.25, 0.3) is 5.91 Å². The van der Waals surface area contributed by atoms with E-state index >= 15 is 0 Å². The van der Waals surface area contributed by atoms with Crippen molar-refractivity contribution in [3.8, 4) is 5.75 Å². The lowest BCUT2D eigenvalue weighted by Gasteiger charge is -2.23. The topological polar surface area (TPSA) is 78.9 Å². The van der Waals surface area contributed by atoms with Gasteiger partial charge in [-0.25, -0.2) is 4.39 Å². The van der Waals surface area contributed by atoms with Gasteiger partial charge in [-0.15, -0.1) is 0 Å². The smallest absolute Gasteiger partial charge is 0.268 e. The largest absolute Gasteiger partial charge is 0.497 e. The lowest BCUT2D eigenvalue weighted by Crippen LogP contribution is -2.44. The molecule has 4 rings (SSSR count). The molecule has 2 amide bonds. The number of halogens is 1. The van der Waals surface area contributed by atoms with Gasteiger partial charge in [-0.2, -0.15) is 0 Å². The molecule has 2 N–H and O–H groups in total. The summed E-state index contributed by atoms with van der Waals surface area (Å²) >= 11 is 0. The molecule has 152 valence electrons. The van der Waals surface area contributed by atoms with Crippen LogP contribution in [0.2, 0.25) is 0 Å². The number of ether oxygens (including phenoxy) is 1. The number of carbonyl (C=O) groups excluding carboxylic acids is 2. The predicted octanol–water partition coefficient (Wildman–Crippen LogP) is 3.06. The van der Waals surface area contributed by atoms with E-state index in [9.17, 15) is 19.1 Å². The first-order valence-electron chi connectivity index (χ1n) is 9.27. The van der Waals surface area contributed by atoms with Crippen molar-refractivity contribution in [3.05, 3.63) is 89.7 Å². The average molecular weight is 406 g/mol. The van der Waals surface area contributed by atoms with E-state index in [2.05, 4.69) is 5.32 Å². The number of carbonyl (C=O) groups is 2. The minimum absolute atomic E-state index is 0.107. The summed E-state index contributed by atoms with van der Waals surface area (Å²) in [7, 11) is 1.52. The Hall–Kier alpha value is -3.71. The lowest BCUT2D eigenvalue weighted by molar-refractivity contribution is -0.133. The fourth-order valence-electron chi connectivity index (χ4n) is 3.63. The predicted molar refractivity (Wildman–Crippen MR) is 110 cm³/mol. The molecular formula is C23H19FN2O4. The van der Waals surface area contributed by atoms with Gasteiger partial charge in [0, 0.05) is 22.9 Å². The van der Waals surface area contributed by atoms with Crippen LogP contribution >= 0.6 is 0 Å². The quantitative estimate of drug-likeness (QED) is 0.683. The lowest BCUT2D eigenvalue weighted by atomic mass is 9.87. The van der Waals surface area contributed by atoms with Crippen LogP contribution in [0.3, 0.4) is 0 Å². The molecule has 1 unspecified atom stereocenters. The van der Waals surface area contributed by atoms with E-state index in [1.807, 2.05) is 0 Å². The molecule has 7 heteroatoms. The number of anilines is 2. The molecule has 1 aliphatic rings. The number of fused-ring (bicyclic) bond motifs is 1. The van der Waals surface area contributed by atoms with Crippen molar-refractivity contribution in [2.45, 2.75) is 5.60 Å². The van der Waals surface area contributed by atoms with Gasteiger partial charge in [0.15, 0.2) is 5.60 Å². The zero-order chi connectivity index (χ0) is 21.3. The van der Waals surface area contributed by atoms with Crippen LogP contribution in [0.4, 0.5) is 15.8 Å². The van der Waals surface area contributed by atoms with Gasteiger partial charge in [0.1, 0.15) is 18.1 Å². The Balaban J connectivity index is 1.64. The van der Waals surface area contributed by atoms with Gasteiger partial charge < -0.3 is 15.2 Å². The van der Waals surface area contributed by atoms with Crippen LogP contribution < -0.4 is 15.0 Å². The maximum Gasteiger partial charge on any atom is 0.268 e. The van der Waals surface area contributed by atoms with Crippen molar-refractivity contribution in [1.82, 2.24) is 0 Å². The average Bonchev–Trinajstić information content (AvgIpc) is 2.97. The summed E-state index contributed by atoms with van der Waals surface area (Å²) in [5.74, 6) is -1.15. The summed E-state index contributed by atoms with van der Waals surface area (Å²) in [5, 5.41) is 14.1. The number of amides is 2. The number of rotatable bonds is 5. The second kappa shape index (κ2) is 7.61. The first kappa shape index (κ1) is 19.6. The fraction of sp³-hybridized carbons (Fsp3) is 0.130. The number of benzene rings is 3. The number of nitrogens with one attached hydrogen (secondary N) is 1. The van der Waals surface area contributed by atoms with Gasteiger partial charge in [-0.3, -0.25) is 14.5 Å². The summed E-state index contributed by atoms with van der Waals surface area (Å²) in [6, 6.07) is 18.7. The maximum atomic E-state index is 13.8. The highest BCUT2D eigenvalue weighted by atomic mass is 19.1. The molecule has 3 aromatic rings. The van der Waals surface area contributed by atoms with Gasteiger partial charge in [-0.1, -0.05) is 36.4 Å². The van der Waals surface area contributed by atoms with E-state index in [0.717, 1.165) is 6.07 Å². The molecule has 0 saturated carbocycles. The van der Waals surface area contributed by atoms with Crippen molar-refractivity contribution in [1.29, 1.82) is 0 Å². The van der Waals surface area contributed by atoms with Crippen LogP contribution in [0.25, 0.3) is 0 Å². The Bertz CT molecular complexity index is 1130. The Morgan fingerprint density at radius 1 is 1.10 bits per heavy atom. The zero-order valence-corrected chi connectivity index (χ0v) is 16.1. The first-order chi connectivity index (χ1) is 14.4. The molecule has 6 nitrogen and oxygen atoms in total. The van der Waals surface area contributed by atoms with Crippen LogP contribution in [0, 0.1) is 5.82 Å². The molecule has 3 aromatic carbocycles. The minimum atomic E-state index is -2.07. The van der Waals surface area contributed by atoms with Crippen LogP contribution in [-0.2, 0) is 15.2 Å². The van der Waals surface area contributed by atoms with E-state index < -0.39 is 23.2 Å². The van der Waals surface area contributed by atoms with Crippen molar-refractivity contribution in [2.24, 2.45) is 0 Å². The second-order valence-electron chi connectivity index (χ2n) is 6.91. The van der Waals surface area contributed by atoms with E-state index in [1.165, 1.54) is 30.2 Å².